The number of carbonyl (C=O) groups excluding carboxylic acids is 1. The van der Waals surface area contributed by atoms with Gasteiger partial charge >= 0.3 is 18.0 Å². The topological polar surface area (TPSA) is 179 Å². The van der Waals surface area contributed by atoms with Gasteiger partial charge in [-0.25, -0.2) is 22.8 Å². The largest absolute Gasteiger partial charge is 0.473 e. The average Bonchev–Trinajstić information content (AvgIpc) is 2.77. The van der Waals surface area contributed by atoms with Gasteiger partial charge in [0.05, 0.1) is 10.6 Å². The molecule has 1 aromatic rings. The number of hydrogen-bond donors (Lipinski definition) is 3. The molecule has 0 unspecified atom stereocenters. The van der Waals surface area contributed by atoms with E-state index in [1.54, 1.807) is 35.2 Å². The Morgan fingerprint density at radius 2 is 1.41 bits per heavy atom. The van der Waals surface area contributed by atoms with Gasteiger partial charge in [-0.05, 0) is 39.3 Å². The minimum absolute atomic E-state index is 0. The number of nitrogens with zero attached hydrogens (tertiary/aromatic N) is 3. The molecule has 0 aliphatic carbocycles. The van der Waals surface area contributed by atoms with Crippen molar-refractivity contribution < 1.29 is 38.5 Å². The first-order valence-corrected chi connectivity index (χ1v) is 12.2. The molecule has 0 fully saturated rings. The molecular weight excluding hydrogens is 468 g/mol. The van der Waals surface area contributed by atoms with Gasteiger partial charge in [0.1, 0.15) is 0 Å². The van der Waals surface area contributed by atoms with Crippen LogP contribution in [0, 0.1) is 0 Å². The highest BCUT2D eigenvalue weighted by Gasteiger charge is 2.19. The maximum Gasteiger partial charge on any atom is 0.414 e. The monoisotopic (exact) mass is 506 g/mol. The van der Waals surface area contributed by atoms with Crippen molar-refractivity contribution in [2.45, 2.75) is 18.7 Å². The Balaban J connectivity index is 0. The van der Waals surface area contributed by atoms with E-state index in [2.05, 4.69) is 24.1 Å². The van der Waals surface area contributed by atoms with Crippen molar-refractivity contribution in [3.05, 3.63) is 30.3 Å². The fraction of sp³-hybridized carbons (Fsp3) is 0.571. The minimum atomic E-state index is -3.41. The van der Waals surface area contributed by atoms with Gasteiger partial charge in [0, 0.05) is 32.7 Å². The molecule has 0 spiro atoms. The highest BCUT2D eigenvalue weighted by Crippen LogP contribution is 2.10. The highest BCUT2D eigenvalue weighted by atomic mass is 32.2. The van der Waals surface area contributed by atoms with Crippen molar-refractivity contribution in [2.75, 3.05) is 65.7 Å². The van der Waals surface area contributed by atoms with Crippen LogP contribution in [0.15, 0.2) is 35.2 Å². The number of carboxylic acid groups (broad SMARTS) is 2. The van der Waals surface area contributed by atoms with Gasteiger partial charge in [-0.2, -0.15) is 0 Å². The number of carboxylic acids is 2. The second-order valence-electron chi connectivity index (χ2n) is 7.29. The fourth-order valence-electron chi connectivity index (χ4n) is 2.58. The quantitative estimate of drug-likeness (QED) is 0.321. The van der Waals surface area contributed by atoms with Crippen LogP contribution >= 0.6 is 0 Å². The Bertz CT molecular complexity index is 818. The average molecular weight is 507 g/mol. The van der Waals surface area contributed by atoms with E-state index in [9.17, 15) is 13.2 Å². The summed E-state index contributed by atoms with van der Waals surface area (Å²) in [5, 5.41) is 17.7. The van der Waals surface area contributed by atoms with Gasteiger partial charge in [-0.1, -0.05) is 32.0 Å². The number of carbonyl (C=O) groups is 3. The van der Waals surface area contributed by atoms with Crippen LogP contribution in [0.4, 0.5) is 4.79 Å². The summed E-state index contributed by atoms with van der Waals surface area (Å²) in [7, 11) is 0.443. The number of benzene rings is 1. The molecule has 0 radical (unpaired) electrons. The molecule has 2 amide bonds. The molecule has 1 aromatic carbocycles. The smallest absolute Gasteiger partial charge is 0.414 e. The lowest BCUT2D eigenvalue weighted by Crippen LogP contribution is -2.46. The summed E-state index contributed by atoms with van der Waals surface area (Å²) < 4.78 is 25.0. The number of rotatable bonds is 12. The maximum absolute atomic E-state index is 12.6. The first-order chi connectivity index (χ1) is 15.4. The third kappa shape index (κ3) is 14.4. The summed E-state index contributed by atoms with van der Waals surface area (Å²) in [5.41, 5.74) is 0. The van der Waals surface area contributed by atoms with E-state index in [1.807, 2.05) is 19.0 Å². The molecule has 0 aromatic heterocycles. The first-order valence-electron chi connectivity index (χ1n) is 10.6. The van der Waals surface area contributed by atoms with E-state index in [0.717, 1.165) is 19.6 Å². The number of nitrogens with one attached hydrogen (secondary N) is 1. The summed E-state index contributed by atoms with van der Waals surface area (Å²) in [4.78, 5) is 36.8. The predicted octanol–water partition coefficient (Wildman–Crippen LogP) is -0.294. The summed E-state index contributed by atoms with van der Waals surface area (Å²) >= 11 is 0. The Morgan fingerprint density at radius 3 is 1.85 bits per heavy atom. The van der Waals surface area contributed by atoms with Gasteiger partial charge in [0.2, 0.25) is 0 Å². The lowest BCUT2D eigenvalue weighted by atomic mass is 10.4. The third-order valence-electron chi connectivity index (χ3n) is 4.62. The molecule has 12 nitrogen and oxygen atoms in total. The maximum atomic E-state index is 12.6. The van der Waals surface area contributed by atoms with Crippen molar-refractivity contribution in [1.29, 1.82) is 0 Å². The number of urea groups is 1. The zero-order valence-corrected chi connectivity index (χ0v) is 21.0. The van der Waals surface area contributed by atoms with E-state index in [0.29, 0.717) is 24.5 Å². The number of hydrogen-bond acceptors (Lipinski definition) is 7. The van der Waals surface area contributed by atoms with Crippen molar-refractivity contribution >= 4 is 27.8 Å². The van der Waals surface area contributed by atoms with E-state index < -0.39 is 21.8 Å². The van der Waals surface area contributed by atoms with Gasteiger partial charge in [0.15, 0.2) is 9.84 Å². The third-order valence-corrected chi connectivity index (χ3v) is 6.33. The lowest BCUT2D eigenvalue weighted by Gasteiger charge is -2.25. The van der Waals surface area contributed by atoms with E-state index in [-0.39, 0.29) is 23.8 Å². The molecule has 0 heterocycles. The molecule has 0 saturated heterocycles. The Labute approximate surface area is 201 Å². The zero-order chi connectivity index (χ0) is 25.4. The number of sulfone groups is 1. The van der Waals surface area contributed by atoms with Crippen molar-refractivity contribution in [1.82, 2.24) is 20.0 Å². The Hall–Kier alpha value is -2.74. The molecule has 0 bridgehead atoms. The molecule has 0 aliphatic heterocycles. The van der Waals surface area contributed by atoms with Crippen molar-refractivity contribution in [3.63, 3.8) is 0 Å². The molecular formula is C21H38N4O8S. The SMILES string of the molecule is CCN(CC)CCNC(=O)N(CCN(C)C)CCS(=O)(=O)c1ccccc1.O.O=C(O)C(=O)O. The molecule has 13 heteroatoms. The van der Waals surface area contributed by atoms with Gasteiger partial charge in [0.25, 0.3) is 0 Å². The molecule has 5 N–H and O–H groups in total. The predicted molar refractivity (Wildman–Crippen MR) is 129 cm³/mol. The van der Waals surface area contributed by atoms with E-state index >= 15 is 0 Å². The second-order valence-corrected chi connectivity index (χ2v) is 9.40. The second kappa shape index (κ2) is 17.7. The minimum Gasteiger partial charge on any atom is -0.473 e. The molecule has 0 atom stereocenters. The van der Waals surface area contributed by atoms with Crippen LogP contribution in [-0.2, 0) is 19.4 Å². The standard InChI is InChI=1S/C19H34N4O3S.C2H2O4.H2O/c1-5-22(6-2)13-12-20-19(24)23(15-14-21(3)4)16-17-27(25,26)18-10-8-7-9-11-18;3-1(4)2(5)6;/h7-11H,5-6,12-17H2,1-4H3,(H,20,24);(H,3,4)(H,5,6);1H2. The van der Waals surface area contributed by atoms with Crippen LogP contribution in [0.25, 0.3) is 0 Å². The number of amides is 2. The van der Waals surface area contributed by atoms with Gasteiger partial charge < -0.3 is 35.7 Å². The van der Waals surface area contributed by atoms with Crippen LogP contribution in [0.3, 0.4) is 0 Å². The van der Waals surface area contributed by atoms with Gasteiger partial charge in [-0.3, -0.25) is 0 Å². The Morgan fingerprint density at radius 1 is 0.882 bits per heavy atom. The number of likely N-dealkylation sites (N-methyl/N-ethyl adjacent to an activating group) is 2. The summed E-state index contributed by atoms with van der Waals surface area (Å²) in [5.74, 6) is -3.74. The van der Waals surface area contributed by atoms with Crippen molar-refractivity contribution in [2.24, 2.45) is 0 Å². The number of aliphatic carboxylic acids is 2. The molecule has 0 aliphatic rings. The van der Waals surface area contributed by atoms with Crippen molar-refractivity contribution in [3.8, 4) is 0 Å². The van der Waals surface area contributed by atoms with Crippen LogP contribution in [-0.4, -0.2) is 122 Å². The molecule has 1 rings (SSSR count). The lowest BCUT2D eigenvalue weighted by molar-refractivity contribution is -0.159. The van der Waals surface area contributed by atoms with E-state index in [4.69, 9.17) is 19.8 Å². The molecule has 196 valence electrons. The fourth-order valence-corrected chi connectivity index (χ4v) is 3.85. The molecule has 34 heavy (non-hydrogen) atoms. The summed E-state index contributed by atoms with van der Waals surface area (Å²) in [6.07, 6.45) is 0. The zero-order valence-electron chi connectivity index (χ0n) is 20.2. The van der Waals surface area contributed by atoms with Gasteiger partial charge in [-0.15, -0.1) is 0 Å². The van der Waals surface area contributed by atoms with E-state index in [1.165, 1.54) is 0 Å². The summed E-state index contributed by atoms with van der Waals surface area (Å²) in [6, 6.07) is 8.15. The normalized spacial score (nSPS) is 10.6. The van der Waals surface area contributed by atoms with Crippen LogP contribution in [0.5, 0.6) is 0 Å². The first kappa shape index (κ1) is 33.4. The molecule has 0 saturated carbocycles. The van der Waals surface area contributed by atoms with Crippen LogP contribution in [0.1, 0.15) is 13.8 Å². The van der Waals surface area contributed by atoms with Crippen LogP contribution in [0.2, 0.25) is 0 Å². The highest BCUT2D eigenvalue weighted by molar-refractivity contribution is 7.91. The summed E-state index contributed by atoms with van der Waals surface area (Å²) in [6.45, 7) is 8.70. The van der Waals surface area contributed by atoms with Crippen LogP contribution < -0.4 is 5.32 Å². The Kier molecular flexibility index (Phi) is 17.4.